The Morgan fingerprint density at radius 2 is 2.05 bits per heavy atom. The maximum absolute atomic E-state index is 13.4. The molecule has 0 bridgehead atoms. The molecule has 19 heavy (non-hydrogen) atoms. The minimum atomic E-state index is -0.404. The summed E-state index contributed by atoms with van der Waals surface area (Å²) in [6.07, 6.45) is 0. The molecule has 0 radical (unpaired) electrons. The highest BCUT2D eigenvalue weighted by Gasteiger charge is 2.17. The average Bonchev–Trinajstić information content (AvgIpc) is 2.44. The minimum absolute atomic E-state index is 0.359. The number of benzene rings is 2. The van der Waals surface area contributed by atoms with Gasteiger partial charge in [-0.25, -0.2) is 9.82 Å². The first-order valence-corrected chi connectivity index (χ1v) is 6.08. The van der Waals surface area contributed by atoms with Crippen LogP contribution in [0.4, 0.5) is 4.39 Å². The Labute approximate surface area is 116 Å². The van der Waals surface area contributed by atoms with Gasteiger partial charge >= 0.3 is 0 Å². The number of methoxy groups -OCH3 is 1. The van der Waals surface area contributed by atoms with E-state index in [1.807, 2.05) is 24.3 Å². The Balaban J connectivity index is 2.46. The number of nitrogens with one attached hydrogen (secondary N) is 1. The number of rotatable bonds is 4. The van der Waals surface area contributed by atoms with Crippen molar-refractivity contribution in [2.75, 3.05) is 7.11 Å². The van der Waals surface area contributed by atoms with Crippen molar-refractivity contribution in [3.63, 3.8) is 0 Å². The fourth-order valence-electron chi connectivity index (χ4n) is 1.92. The monoisotopic (exact) mass is 280 g/mol. The van der Waals surface area contributed by atoms with Crippen LogP contribution < -0.4 is 16.0 Å². The fraction of sp³-hybridized carbons (Fsp3) is 0.143. The van der Waals surface area contributed by atoms with Gasteiger partial charge in [-0.05, 0) is 41.5 Å². The molecule has 2 aromatic carbocycles. The predicted molar refractivity (Wildman–Crippen MR) is 73.6 cm³/mol. The van der Waals surface area contributed by atoms with Crippen LogP contribution in [-0.2, 0) is 0 Å². The molecule has 0 fully saturated rings. The molecule has 5 heteroatoms. The smallest absolute Gasteiger partial charge is 0.123 e. The maximum atomic E-state index is 13.4. The van der Waals surface area contributed by atoms with E-state index in [-0.39, 0.29) is 5.82 Å². The van der Waals surface area contributed by atoms with Crippen LogP contribution in [0, 0.1) is 5.82 Å². The molecule has 0 aliphatic heterocycles. The second kappa shape index (κ2) is 6.02. The standard InChI is InChI=1S/C14H14ClFN2O/c1-19-11-4-2-3-9(7-11)14(18-17)12-8-10(16)5-6-13(12)15/h2-8,14,18H,17H2,1H3. The number of ether oxygens (including phenoxy) is 1. The Bertz CT molecular complexity index is 577. The van der Waals surface area contributed by atoms with E-state index < -0.39 is 6.04 Å². The number of hydrazine groups is 1. The predicted octanol–water partition coefficient (Wildman–Crippen LogP) is 3.04. The van der Waals surface area contributed by atoms with Crippen LogP contribution in [0.15, 0.2) is 42.5 Å². The molecule has 0 aliphatic carbocycles. The number of halogens is 2. The van der Waals surface area contributed by atoms with Crippen LogP contribution in [-0.4, -0.2) is 7.11 Å². The van der Waals surface area contributed by atoms with Crippen LogP contribution in [0.2, 0.25) is 5.02 Å². The lowest BCUT2D eigenvalue weighted by molar-refractivity contribution is 0.413. The second-order valence-electron chi connectivity index (χ2n) is 4.04. The Hall–Kier alpha value is -1.62. The van der Waals surface area contributed by atoms with E-state index in [0.717, 1.165) is 5.56 Å². The van der Waals surface area contributed by atoms with Crippen molar-refractivity contribution in [2.24, 2.45) is 5.84 Å². The van der Waals surface area contributed by atoms with Gasteiger partial charge in [0, 0.05) is 5.02 Å². The molecule has 2 aromatic rings. The summed E-state index contributed by atoms with van der Waals surface area (Å²) in [5.41, 5.74) is 4.07. The highest BCUT2D eigenvalue weighted by molar-refractivity contribution is 6.31. The molecule has 0 saturated carbocycles. The second-order valence-corrected chi connectivity index (χ2v) is 4.45. The summed E-state index contributed by atoms with van der Waals surface area (Å²) in [5.74, 6) is 5.92. The third kappa shape index (κ3) is 3.04. The van der Waals surface area contributed by atoms with Crippen LogP contribution >= 0.6 is 11.6 Å². The van der Waals surface area contributed by atoms with Crippen LogP contribution in [0.3, 0.4) is 0 Å². The van der Waals surface area contributed by atoms with Crippen LogP contribution in [0.1, 0.15) is 17.2 Å². The molecule has 0 aromatic heterocycles. The molecule has 1 unspecified atom stereocenters. The van der Waals surface area contributed by atoms with E-state index in [2.05, 4.69) is 5.43 Å². The molecular weight excluding hydrogens is 267 g/mol. The minimum Gasteiger partial charge on any atom is -0.497 e. The van der Waals surface area contributed by atoms with Gasteiger partial charge < -0.3 is 4.74 Å². The third-order valence-corrected chi connectivity index (χ3v) is 3.21. The number of nitrogens with two attached hydrogens (primary N) is 1. The van der Waals surface area contributed by atoms with E-state index in [0.29, 0.717) is 16.3 Å². The molecule has 1 atom stereocenters. The van der Waals surface area contributed by atoms with Gasteiger partial charge in [-0.15, -0.1) is 0 Å². The van der Waals surface area contributed by atoms with Crippen molar-refractivity contribution in [3.05, 3.63) is 64.4 Å². The third-order valence-electron chi connectivity index (χ3n) is 2.86. The Kier molecular flexibility index (Phi) is 4.37. The molecule has 3 N–H and O–H groups in total. The van der Waals surface area contributed by atoms with Crippen molar-refractivity contribution in [1.29, 1.82) is 0 Å². The average molecular weight is 281 g/mol. The zero-order valence-corrected chi connectivity index (χ0v) is 11.1. The van der Waals surface area contributed by atoms with Gasteiger partial charge in [-0.2, -0.15) is 0 Å². The molecule has 0 heterocycles. The molecular formula is C14H14ClFN2O. The van der Waals surface area contributed by atoms with E-state index >= 15 is 0 Å². The first-order chi connectivity index (χ1) is 9.15. The molecule has 100 valence electrons. The summed E-state index contributed by atoms with van der Waals surface area (Å²) in [7, 11) is 1.58. The van der Waals surface area contributed by atoms with Gasteiger partial charge in [0.25, 0.3) is 0 Å². The lowest BCUT2D eigenvalue weighted by Crippen LogP contribution is -2.29. The van der Waals surface area contributed by atoms with Gasteiger partial charge in [-0.3, -0.25) is 5.84 Å². The van der Waals surface area contributed by atoms with Gasteiger partial charge in [-0.1, -0.05) is 23.7 Å². The molecule has 0 amide bonds. The van der Waals surface area contributed by atoms with Crippen LogP contribution in [0.25, 0.3) is 0 Å². The summed E-state index contributed by atoms with van der Waals surface area (Å²) in [6, 6.07) is 11.1. The molecule has 3 nitrogen and oxygen atoms in total. The fourth-order valence-corrected chi connectivity index (χ4v) is 2.15. The van der Waals surface area contributed by atoms with Gasteiger partial charge in [0.15, 0.2) is 0 Å². The highest BCUT2D eigenvalue weighted by atomic mass is 35.5. The summed E-state index contributed by atoms with van der Waals surface area (Å²) in [4.78, 5) is 0. The SMILES string of the molecule is COc1cccc(C(NN)c2cc(F)ccc2Cl)c1. The van der Waals surface area contributed by atoms with Crippen molar-refractivity contribution in [1.82, 2.24) is 5.43 Å². The normalized spacial score (nSPS) is 12.2. The number of hydrogen-bond donors (Lipinski definition) is 2. The van der Waals surface area contributed by atoms with Crippen molar-refractivity contribution >= 4 is 11.6 Å². The molecule has 2 rings (SSSR count). The first kappa shape index (κ1) is 13.8. The summed E-state index contributed by atoms with van der Waals surface area (Å²) >= 11 is 6.10. The van der Waals surface area contributed by atoms with Crippen molar-refractivity contribution < 1.29 is 9.13 Å². The lowest BCUT2D eigenvalue weighted by Gasteiger charge is -2.19. The van der Waals surface area contributed by atoms with E-state index in [9.17, 15) is 4.39 Å². The summed E-state index contributed by atoms with van der Waals surface area (Å²) in [6.45, 7) is 0. The zero-order valence-electron chi connectivity index (χ0n) is 10.4. The number of hydrogen-bond acceptors (Lipinski definition) is 3. The quantitative estimate of drug-likeness (QED) is 0.668. The van der Waals surface area contributed by atoms with Gasteiger partial charge in [0.2, 0.25) is 0 Å². The zero-order chi connectivity index (χ0) is 13.8. The topological polar surface area (TPSA) is 47.3 Å². The van der Waals surface area contributed by atoms with Gasteiger partial charge in [0.05, 0.1) is 13.2 Å². The Morgan fingerprint density at radius 1 is 1.26 bits per heavy atom. The van der Waals surface area contributed by atoms with Crippen LogP contribution in [0.5, 0.6) is 5.75 Å². The Morgan fingerprint density at radius 3 is 2.74 bits per heavy atom. The van der Waals surface area contributed by atoms with Crippen molar-refractivity contribution in [3.8, 4) is 5.75 Å². The summed E-state index contributed by atoms with van der Waals surface area (Å²) < 4.78 is 18.5. The molecule has 0 saturated heterocycles. The van der Waals surface area contributed by atoms with E-state index in [4.69, 9.17) is 22.2 Å². The highest BCUT2D eigenvalue weighted by Crippen LogP contribution is 2.30. The summed E-state index contributed by atoms with van der Waals surface area (Å²) in [5, 5.41) is 0.451. The van der Waals surface area contributed by atoms with E-state index in [1.54, 1.807) is 7.11 Å². The van der Waals surface area contributed by atoms with Crippen molar-refractivity contribution in [2.45, 2.75) is 6.04 Å². The van der Waals surface area contributed by atoms with E-state index in [1.165, 1.54) is 18.2 Å². The first-order valence-electron chi connectivity index (χ1n) is 5.70. The maximum Gasteiger partial charge on any atom is 0.123 e. The molecule has 0 aliphatic rings. The lowest BCUT2D eigenvalue weighted by atomic mass is 9.99. The largest absolute Gasteiger partial charge is 0.497 e. The van der Waals surface area contributed by atoms with Gasteiger partial charge in [0.1, 0.15) is 11.6 Å². The molecule has 0 spiro atoms.